The minimum atomic E-state index is -0.125. The molecule has 0 amide bonds. The molecule has 1 aliphatic heterocycles. The minimum Gasteiger partial charge on any atom is -0.357 e. The predicted molar refractivity (Wildman–Crippen MR) is 81.2 cm³/mol. The van der Waals surface area contributed by atoms with E-state index < -0.39 is 0 Å². The van der Waals surface area contributed by atoms with Gasteiger partial charge in [0.1, 0.15) is 17.5 Å². The molecule has 120 valence electrons. The van der Waals surface area contributed by atoms with Gasteiger partial charge in [0.2, 0.25) is 0 Å². The third kappa shape index (κ3) is 1.31. The van der Waals surface area contributed by atoms with E-state index in [2.05, 4.69) is 13.8 Å². The van der Waals surface area contributed by atoms with Gasteiger partial charge in [-0.05, 0) is 56.3 Å². The Morgan fingerprint density at radius 2 is 1.77 bits per heavy atom. The molecule has 5 unspecified atom stereocenters. The van der Waals surface area contributed by atoms with Crippen molar-refractivity contribution in [3.8, 4) is 0 Å². The van der Waals surface area contributed by atoms with Crippen LogP contribution in [0.1, 0.15) is 65.2 Å². The van der Waals surface area contributed by atoms with E-state index in [1.54, 1.807) is 0 Å². The van der Waals surface area contributed by atoms with E-state index in [1.807, 2.05) is 0 Å². The summed E-state index contributed by atoms with van der Waals surface area (Å²) in [4.78, 5) is 24.5. The SMILES string of the molecule is C[C@]12CCC3C(CCC45OC4C(=O)CC[C@]35C)C1CCC2=O. The molecule has 5 rings (SSSR count). The average molecular weight is 302 g/mol. The number of Topliss-reactive ketones (excluding diaryl/α,β-unsaturated/α-hetero) is 2. The van der Waals surface area contributed by atoms with Crippen molar-refractivity contribution in [3.63, 3.8) is 0 Å². The van der Waals surface area contributed by atoms with E-state index >= 15 is 0 Å². The van der Waals surface area contributed by atoms with Crippen molar-refractivity contribution >= 4 is 11.6 Å². The molecular weight excluding hydrogens is 276 g/mol. The number of rotatable bonds is 0. The summed E-state index contributed by atoms with van der Waals surface area (Å²) in [5.41, 5.74) is -0.00234. The Kier molecular flexibility index (Phi) is 2.40. The van der Waals surface area contributed by atoms with Crippen molar-refractivity contribution in [1.29, 1.82) is 0 Å². The highest BCUT2D eigenvalue weighted by Crippen LogP contribution is 2.71. The number of epoxide rings is 1. The standard InChI is InChI=1S/C19H26O3/c1-17-8-6-13-11(12(17)3-4-15(17)21)5-10-19-16(22-19)14(20)7-9-18(13,19)2/h11-13,16H,3-10H2,1-2H3/t11?,12?,13?,16?,17-,18+,19?/m0/s1. The second-order valence-electron chi connectivity index (χ2n) is 9.10. The molecule has 3 nitrogen and oxygen atoms in total. The number of carbonyl (C=O) groups excluding carboxylic acids is 2. The van der Waals surface area contributed by atoms with Crippen LogP contribution in [0.3, 0.4) is 0 Å². The summed E-state index contributed by atoms with van der Waals surface area (Å²) in [6.45, 7) is 4.63. The molecular formula is C19H26O3. The van der Waals surface area contributed by atoms with E-state index in [-0.39, 0.29) is 22.5 Å². The maximum atomic E-state index is 12.4. The Labute approximate surface area is 132 Å². The Morgan fingerprint density at radius 1 is 0.955 bits per heavy atom. The van der Waals surface area contributed by atoms with Crippen LogP contribution in [-0.2, 0) is 14.3 Å². The monoisotopic (exact) mass is 302 g/mol. The maximum absolute atomic E-state index is 12.4. The maximum Gasteiger partial charge on any atom is 0.164 e. The second kappa shape index (κ2) is 3.85. The van der Waals surface area contributed by atoms with E-state index in [0.717, 1.165) is 44.9 Å². The lowest BCUT2D eigenvalue weighted by Gasteiger charge is -2.58. The highest BCUT2D eigenvalue weighted by atomic mass is 16.6. The summed E-state index contributed by atoms with van der Waals surface area (Å²) in [7, 11) is 0. The molecule has 0 radical (unpaired) electrons. The first-order chi connectivity index (χ1) is 10.4. The third-order valence-electron chi connectivity index (χ3n) is 8.66. The molecule has 22 heavy (non-hydrogen) atoms. The fourth-order valence-corrected chi connectivity index (χ4v) is 7.27. The van der Waals surface area contributed by atoms with Crippen LogP contribution in [-0.4, -0.2) is 23.3 Å². The topological polar surface area (TPSA) is 46.7 Å². The van der Waals surface area contributed by atoms with Gasteiger partial charge in [0, 0.05) is 23.7 Å². The van der Waals surface area contributed by atoms with Crippen LogP contribution in [0, 0.1) is 28.6 Å². The van der Waals surface area contributed by atoms with Crippen LogP contribution >= 0.6 is 0 Å². The van der Waals surface area contributed by atoms with Crippen molar-refractivity contribution in [1.82, 2.24) is 0 Å². The fourth-order valence-electron chi connectivity index (χ4n) is 7.27. The molecule has 5 fully saturated rings. The summed E-state index contributed by atoms with van der Waals surface area (Å²) in [6, 6.07) is 0. The number of ketones is 2. The number of hydrogen-bond acceptors (Lipinski definition) is 3. The molecule has 3 heteroatoms. The molecule has 1 heterocycles. The van der Waals surface area contributed by atoms with Crippen molar-refractivity contribution in [3.05, 3.63) is 0 Å². The van der Waals surface area contributed by atoms with Crippen LogP contribution in [0.15, 0.2) is 0 Å². The fraction of sp³-hybridized carbons (Fsp3) is 0.895. The summed E-state index contributed by atoms with van der Waals surface area (Å²) < 4.78 is 6.07. The number of fused-ring (bicyclic) bond motifs is 4. The van der Waals surface area contributed by atoms with E-state index in [1.165, 1.54) is 0 Å². The van der Waals surface area contributed by atoms with Gasteiger partial charge in [0.25, 0.3) is 0 Å². The molecule has 4 aliphatic carbocycles. The van der Waals surface area contributed by atoms with Gasteiger partial charge >= 0.3 is 0 Å². The number of carbonyl (C=O) groups is 2. The lowest BCUT2D eigenvalue weighted by atomic mass is 9.45. The van der Waals surface area contributed by atoms with Gasteiger partial charge in [0.15, 0.2) is 5.78 Å². The highest BCUT2D eigenvalue weighted by Gasteiger charge is 2.76. The zero-order valence-electron chi connectivity index (χ0n) is 13.7. The van der Waals surface area contributed by atoms with Crippen LogP contribution in [0.4, 0.5) is 0 Å². The first kappa shape index (κ1) is 13.7. The molecule has 0 bridgehead atoms. The first-order valence-corrected chi connectivity index (χ1v) is 9.16. The van der Waals surface area contributed by atoms with Gasteiger partial charge in [-0.15, -0.1) is 0 Å². The van der Waals surface area contributed by atoms with Crippen LogP contribution in [0.25, 0.3) is 0 Å². The van der Waals surface area contributed by atoms with Gasteiger partial charge in [-0.3, -0.25) is 9.59 Å². The number of ether oxygens (including phenoxy) is 1. The zero-order valence-corrected chi connectivity index (χ0v) is 13.7. The van der Waals surface area contributed by atoms with Gasteiger partial charge in [-0.2, -0.15) is 0 Å². The van der Waals surface area contributed by atoms with E-state index in [9.17, 15) is 9.59 Å². The lowest BCUT2D eigenvalue weighted by Crippen LogP contribution is -2.58. The second-order valence-corrected chi connectivity index (χ2v) is 9.10. The molecule has 0 N–H and O–H groups in total. The van der Waals surface area contributed by atoms with Gasteiger partial charge < -0.3 is 4.74 Å². The van der Waals surface area contributed by atoms with Crippen LogP contribution in [0.2, 0.25) is 0 Å². The predicted octanol–water partition coefficient (Wildman–Crippen LogP) is 3.30. The molecule has 7 atom stereocenters. The van der Waals surface area contributed by atoms with Crippen LogP contribution in [0.5, 0.6) is 0 Å². The Hall–Kier alpha value is -0.700. The summed E-state index contributed by atoms with van der Waals surface area (Å²) in [5.74, 6) is 2.78. The zero-order chi connectivity index (χ0) is 15.3. The molecule has 1 spiro atoms. The van der Waals surface area contributed by atoms with Gasteiger partial charge in [-0.25, -0.2) is 0 Å². The third-order valence-corrected chi connectivity index (χ3v) is 8.66. The lowest BCUT2D eigenvalue weighted by molar-refractivity contribution is -0.140. The summed E-state index contributed by atoms with van der Waals surface area (Å²) >= 11 is 0. The van der Waals surface area contributed by atoms with Gasteiger partial charge in [0.05, 0.1) is 0 Å². The molecule has 0 aromatic carbocycles. The quantitative estimate of drug-likeness (QED) is 0.645. The largest absolute Gasteiger partial charge is 0.357 e. The van der Waals surface area contributed by atoms with Gasteiger partial charge in [-0.1, -0.05) is 13.8 Å². The minimum absolute atomic E-state index is 0.0453. The molecule has 0 aromatic heterocycles. The smallest absolute Gasteiger partial charge is 0.164 e. The van der Waals surface area contributed by atoms with E-state index in [4.69, 9.17) is 4.74 Å². The van der Waals surface area contributed by atoms with Crippen LogP contribution < -0.4 is 0 Å². The van der Waals surface area contributed by atoms with Crippen molar-refractivity contribution in [2.45, 2.75) is 76.9 Å². The molecule has 4 saturated carbocycles. The van der Waals surface area contributed by atoms with Crippen molar-refractivity contribution < 1.29 is 14.3 Å². The first-order valence-electron chi connectivity index (χ1n) is 9.16. The normalized spacial score (nSPS) is 59.4. The molecule has 0 aromatic rings. The summed E-state index contributed by atoms with van der Waals surface area (Å²) in [6.07, 6.45) is 7.93. The summed E-state index contributed by atoms with van der Waals surface area (Å²) in [5, 5.41) is 0. The Bertz CT molecular complexity index is 583. The number of hydrogen-bond donors (Lipinski definition) is 0. The molecule has 1 saturated heterocycles. The molecule has 5 aliphatic rings. The van der Waals surface area contributed by atoms with Crippen molar-refractivity contribution in [2.75, 3.05) is 0 Å². The van der Waals surface area contributed by atoms with E-state index in [0.29, 0.717) is 35.7 Å². The Balaban J connectivity index is 1.52. The van der Waals surface area contributed by atoms with Crippen molar-refractivity contribution in [2.24, 2.45) is 28.6 Å². The average Bonchev–Trinajstić information content (AvgIpc) is 3.17. The Morgan fingerprint density at radius 3 is 2.59 bits per heavy atom. The highest BCUT2D eigenvalue weighted by molar-refractivity contribution is 5.89.